The van der Waals surface area contributed by atoms with Gasteiger partial charge in [-0.15, -0.1) is 0 Å². The van der Waals surface area contributed by atoms with Crippen LogP contribution in [0.4, 0.5) is 0 Å². The van der Waals surface area contributed by atoms with Gasteiger partial charge in [-0.05, 0) is 12.8 Å². The Hall–Kier alpha value is -2.84. The Kier molecular flexibility index (Phi) is 3.58. The van der Waals surface area contributed by atoms with Crippen LogP contribution in [0.25, 0.3) is 16.9 Å². The molecule has 3 aromatic heterocycles. The Bertz CT molecular complexity index is 1080. The number of nitrogens with zero attached hydrogens (tertiary/aromatic N) is 5. The van der Waals surface area contributed by atoms with Gasteiger partial charge >= 0.3 is 11.7 Å². The van der Waals surface area contributed by atoms with Crippen LogP contribution in [0.1, 0.15) is 19.5 Å². The molecule has 0 aliphatic heterocycles. The molecule has 0 aromatic carbocycles. The van der Waals surface area contributed by atoms with Crippen LogP contribution in [0, 0.1) is 12.8 Å². The lowest BCUT2D eigenvalue weighted by atomic mass is 10.2. The van der Waals surface area contributed by atoms with Gasteiger partial charge < -0.3 is 9.67 Å². The fourth-order valence-electron chi connectivity index (χ4n) is 2.91. The largest absolute Gasteiger partial charge is 0.480 e. The summed E-state index contributed by atoms with van der Waals surface area (Å²) in [6.07, 6.45) is 1.67. The van der Waals surface area contributed by atoms with Gasteiger partial charge in [-0.2, -0.15) is 4.98 Å². The first-order valence-corrected chi connectivity index (χ1v) is 7.62. The quantitative estimate of drug-likeness (QED) is 0.734. The summed E-state index contributed by atoms with van der Waals surface area (Å²) in [5.74, 6) is -0.539. The zero-order valence-corrected chi connectivity index (χ0v) is 14.0. The lowest BCUT2D eigenvalue weighted by Gasteiger charge is -2.09. The zero-order valence-electron chi connectivity index (χ0n) is 14.0. The highest BCUT2D eigenvalue weighted by molar-refractivity contribution is 5.76. The maximum absolute atomic E-state index is 12.8. The molecule has 3 rings (SSSR count). The standard InChI is InChI=1S/C15H19N5O4/c1-8(2)5-20-13(23)11-12(17(4)15(20)24)16-14-18(7-10(21)22)9(3)6-19(11)14/h6,8H,5,7H2,1-4H3,(H,21,22). The molecule has 0 unspecified atom stereocenters. The molecule has 24 heavy (non-hydrogen) atoms. The third-order valence-electron chi connectivity index (χ3n) is 3.98. The average Bonchev–Trinajstić information content (AvgIpc) is 2.98. The number of carboxylic acid groups (broad SMARTS) is 1. The van der Waals surface area contributed by atoms with E-state index >= 15 is 0 Å². The van der Waals surface area contributed by atoms with Crippen molar-refractivity contribution in [2.24, 2.45) is 13.0 Å². The van der Waals surface area contributed by atoms with Crippen molar-refractivity contribution in [1.29, 1.82) is 0 Å². The molecule has 3 heterocycles. The second kappa shape index (κ2) is 5.36. The van der Waals surface area contributed by atoms with Crippen LogP contribution in [0.2, 0.25) is 0 Å². The number of hydrogen-bond acceptors (Lipinski definition) is 4. The molecule has 0 bridgehead atoms. The molecule has 9 heteroatoms. The van der Waals surface area contributed by atoms with E-state index in [0.29, 0.717) is 18.0 Å². The van der Waals surface area contributed by atoms with Crippen LogP contribution in [0.3, 0.4) is 0 Å². The van der Waals surface area contributed by atoms with Gasteiger partial charge in [0.05, 0.1) is 0 Å². The van der Waals surface area contributed by atoms with Gasteiger partial charge in [-0.25, -0.2) is 4.79 Å². The Morgan fingerprint density at radius 1 is 1.29 bits per heavy atom. The molecule has 0 spiro atoms. The van der Waals surface area contributed by atoms with Crippen LogP contribution in [0.5, 0.6) is 0 Å². The van der Waals surface area contributed by atoms with E-state index in [1.54, 1.807) is 24.6 Å². The number of aliphatic carboxylic acids is 1. The Morgan fingerprint density at radius 2 is 1.96 bits per heavy atom. The molecule has 3 aromatic rings. The molecule has 0 fully saturated rings. The van der Waals surface area contributed by atoms with Gasteiger partial charge in [-0.3, -0.25) is 23.1 Å². The molecule has 9 nitrogen and oxygen atoms in total. The number of fused-ring (bicyclic) bond motifs is 3. The summed E-state index contributed by atoms with van der Waals surface area (Å²) in [6, 6.07) is 0. The van der Waals surface area contributed by atoms with E-state index in [1.165, 1.54) is 13.7 Å². The molecule has 0 saturated carbocycles. The van der Waals surface area contributed by atoms with E-state index in [9.17, 15) is 14.4 Å². The van der Waals surface area contributed by atoms with Crippen LogP contribution < -0.4 is 11.2 Å². The van der Waals surface area contributed by atoms with Gasteiger partial charge in [0, 0.05) is 25.5 Å². The van der Waals surface area contributed by atoms with Gasteiger partial charge in [0.2, 0.25) is 5.78 Å². The second-order valence-electron chi connectivity index (χ2n) is 6.36. The number of imidazole rings is 2. The summed E-state index contributed by atoms with van der Waals surface area (Å²) in [4.78, 5) is 40.7. The zero-order chi connectivity index (χ0) is 17.8. The fourth-order valence-corrected chi connectivity index (χ4v) is 2.91. The first-order chi connectivity index (χ1) is 11.2. The Balaban J connectivity index is 2.44. The monoisotopic (exact) mass is 333 g/mol. The van der Waals surface area contributed by atoms with Gasteiger partial charge in [0.25, 0.3) is 5.56 Å². The fraction of sp³-hybridized carbons (Fsp3) is 0.467. The topological polar surface area (TPSA) is 104 Å². The Morgan fingerprint density at radius 3 is 2.54 bits per heavy atom. The van der Waals surface area contributed by atoms with Gasteiger partial charge in [-0.1, -0.05) is 13.8 Å². The van der Waals surface area contributed by atoms with Crippen molar-refractivity contribution >= 4 is 22.9 Å². The molecule has 1 N–H and O–H groups in total. The predicted molar refractivity (Wildman–Crippen MR) is 87.4 cm³/mol. The van der Waals surface area contributed by atoms with Crippen molar-refractivity contribution in [3.8, 4) is 0 Å². The van der Waals surface area contributed by atoms with E-state index < -0.39 is 17.2 Å². The number of rotatable bonds is 4. The summed E-state index contributed by atoms with van der Waals surface area (Å²) in [6.45, 7) is 5.65. The molecule has 0 aliphatic carbocycles. The van der Waals surface area contributed by atoms with Crippen molar-refractivity contribution in [2.45, 2.75) is 33.9 Å². The molecular weight excluding hydrogens is 314 g/mol. The molecule has 0 aliphatic rings. The minimum atomic E-state index is -1.01. The molecule has 0 atom stereocenters. The number of aryl methyl sites for hydroxylation is 2. The summed E-state index contributed by atoms with van der Waals surface area (Å²) in [5.41, 5.74) is 0.356. The van der Waals surface area contributed by atoms with E-state index in [4.69, 9.17) is 5.11 Å². The first-order valence-electron chi connectivity index (χ1n) is 7.62. The normalized spacial score (nSPS) is 11.9. The molecular formula is C15H19N5O4. The number of aromatic nitrogens is 5. The highest BCUT2D eigenvalue weighted by atomic mass is 16.4. The van der Waals surface area contributed by atoms with E-state index in [1.807, 2.05) is 13.8 Å². The van der Waals surface area contributed by atoms with E-state index in [-0.39, 0.29) is 23.6 Å². The summed E-state index contributed by atoms with van der Waals surface area (Å²) < 4.78 is 5.59. The van der Waals surface area contributed by atoms with E-state index in [2.05, 4.69) is 4.98 Å². The highest BCUT2D eigenvalue weighted by Gasteiger charge is 2.21. The third-order valence-corrected chi connectivity index (χ3v) is 3.98. The highest BCUT2D eigenvalue weighted by Crippen LogP contribution is 2.16. The average molecular weight is 333 g/mol. The molecule has 0 amide bonds. The maximum Gasteiger partial charge on any atom is 0.332 e. The van der Waals surface area contributed by atoms with Crippen LogP contribution in [0.15, 0.2) is 15.8 Å². The predicted octanol–water partition coefficient (Wildman–Crippen LogP) is 0.198. The van der Waals surface area contributed by atoms with Crippen molar-refractivity contribution in [3.05, 3.63) is 32.7 Å². The number of carbonyl (C=O) groups is 1. The summed E-state index contributed by atoms with van der Waals surface area (Å²) in [5, 5.41) is 9.06. The SMILES string of the molecule is Cc1cn2c3c(=O)n(CC(C)C)c(=O)n(C)c3nc2n1CC(=O)O. The summed E-state index contributed by atoms with van der Waals surface area (Å²) in [7, 11) is 1.56. The van der Waals surface area contributed by atoms with Crippen LogP contribution in [-0.4, -0.2) is 34.2 Å². The lowest BCUT2D eigenvalue weighted by Crippen LogP contribution is -2.40. The van der Waals surface area contributed by atoms with Crippen molar-refractivity contribution in [1.82, 2.24) is 23.1 Å². The summed E-state index contributed by atoms with van der Waals surface area (Å²) >= 11 is 0. The second-order valence-corrected chi connectivity index (χ2v) is 6.36. The smallest absolute Gasteiger partial charge is 0.332 e. The third kappa shape index (κ3) is 2.24. The van der Waals surface area contributed by atoms with Gasteiger partial charge in [0.1, 0.15) is 6.54 Å². The lowest BCUT2D eigenvalue weighted by molar-refractivity contribution is -0.137. The minimum Gasteiger partial charge on any atom is -0.480 e. The van der Waals surface area contributed by atoms with Gasteiger partial charge in [0.15, 0.2) is 11.2 Å². The van der Waals surface area contributed by atoms with Crippen molar-refractivity contribution < 1.29 is 9.90 Å². The Labute approximate surface area is 136 Å². The number of hydrogen-bond donors (Lipinski definition) is 1. The van der Waals surface area contributed by atoms with Crippen molar-refractivity contribution in [3.63, 3.8) is 0 Å². The minimum absolute atomic E-state index is 0.134. The van der Waals surface area contributed by atoms with Crippen LogP contribution >= 0.6 is 0 Å². The maximum atomic E-state index is 12.8. The van der Waals surface area contributed by atoms with E-state index in [0.717, 1.165) is 0 Å². The van der Waals surface area contributed by atoms with Crippen LogP contribution in [-0.2, 0) is 24.9 Å². The number of carboxylic acids is 1. The van der Waals surface area contributed by atoms with Crippen molar-refractivity contribution in [2.75, 3.05) is 0 Å². The molecule has 0 saturated heterocycles. The molecule has 128 valence electrons. The molecule has 0 radical (unpaired) electrons. The first kappa shape index (κ1) is 16.0.